The molecule has 1 aliphatic heterocycles. The molecular formula is C17H23F3N2O2. The number of likely N-dealkylation sites (N-methyl/N-ethyl adjacent to an activating group) is 1. The van der Waals surface area contributed by atoms with Crippen molar-refractivity contribution in [2.75, 3.05) is 33.9 Å². The first kappa shape index (κ1) is 18.7. The first-order valence-electron chi connectivity index (χ1n) is 8.01. The van der Waals surface area contributed by atoms with Crippen LogP contribution in [0, 0.1) is 0 Å². The maximum absolute atomic E-state index is 13.4. The lowest BCUT2D eigenvalue weighted by molar-refractivity contribution is -0.138. The molecule has 2 unspecified atom stereocenters. The second kappa shape index (κ2) is 7.53. The first-order valence-corrected chi connectivity index (χ1v) is 8.01. The minimum absolute atomic E-state index is 0.156. The molecule has 7 heteroatoms. The highest BCUT2D eigenvalue weighted by molar-refractivity contribution is 5.99. The van der Waals surface area contributed by atoms with Crippen LogP contribution < -0.4 is 5.32 Å². The van der Waals surface area contributed by atoms with E-state index in [4.69, 9.17) is 4.74 Å². The molecule has 1 aromatic rings. The van der Waals surface area contributed by atoms with E-state index in [9.17, 15) is 18.0 Å². The number of ether oxygens (including phenoxy) is 1. The normalized spacial score (nSPS) is 21.1. The van der Waals surface area contributed by atoms with E-state index in [1.54, 1.807) is 13.1 Å². The van der Waals surface area contributed by atoms with Gasteiger partial charge in [-0.05, 0) is 25.1 Å². The molecule has 0 saturated carbocycles. The number of amides is 1. The minimum Gasteiger partial charge on any atom is -0.383 e. The van der Waals surface area contributed by atoms with Crippen molar-refractivity contribution in [3.63, 3.8) is 0 Å². The van der Waals surface area contributed by atoms with Gasteiger partial charge >= 0.3 is 6.18 Å². The summed E-state index contributed by atoms with van der Waals surface area (Å²) >= 11 is 0. The number of alkyl halides is 3. The van der Waals surface area contributed by atoms with E-state index in [0.29, 0.717) is 18.5 Å². The quantitative estimate of drug-likeness (QED) is 0.863. The van der Waals surface area contributed by atoms with Crippen molar-refractivity contribution in [1.82, 2.24) is 10.2 Å². The summed E-state index contributed by atoms with van der Waals surface area (Å²) < 4.78 is 45.3. The zero-order valence-electron chi connectivity index (χ0n) is 14.1. The molecule has 0 aromatic heterocycles. The van der Waals surface area contributed by atoms with Crippen molar-refractivity contribution in [3.8, 4) is 0 Å². The van der Waals surface area contributed by atoms with Gasteiger partial charge in [0, 0.05) is 32.2 Å². The topological polar surface area (TPSA) is 41.6 Å². The number of nitrogens with zero attached hydrogens (tertiary/aromatic N) is 1. The molecule has 0 radical (unpaired) electrons. The van der Waals surface area contributed by atoms with Gasteiger partial charge in [0.25, 0.3) is 5.91 Å². The number of fused-ring (bicyclic) bond motifs is 1. The molecule has 1 heterocycles. The lowest BCUT2D eigenvalue weighted by atomic mass is 9.80. The molecule has 1 aromatic carbocycles. The molecular weight excluding hydrogens is 321 g/mol. The summed E-state index contributed by atoms with van der Waals surface area (Å²) in [5.74, 6) is -0.749. The van der Waals surface area contributed by atoms with Crippen LogP contribution in [0.3, 0.4) is 0 Å². The van der Waals surface area contributed by atoms with E-state index in [0.717, 1.165) is 6.07 Å². The monoisotopic (exact) mass is 344 g/mol. The average molecular weight is 344 g/mol. The maximum atomic E-state index is 13.4. The Labute approximate surface area is 140 Å². The zero-order valence-corrected chi connectivity index (χ0v) is 14.1. The van der Waals surface area contributed by atoms with Crippen LogP contribution in [0.15, 0.2) is 18.2 Å². The van der Waals surface area contributed by atoms with Crippen LogP contribution in [0.25, 0.3) is 0 Å². The summed E-state index contributed by atoms with van der Waals surface area (Å²) in [5.41, 5.74) is -0.598. The predicted octanol–water partition coefficient (Wildman–Crippen LogP) is 2.89. The standard InChI is InChI=1S/C17H23F3N2O2/c1-4-14-12(10-21-2)11-6-5-7-13(17(18,19)20)15(11)16(23)22(14)8-9-24-3/h5-7,12,14,21H,4,8-10H2,1-3H3. The van der Waals surface area contributed by atoms with Gasteiger partial charge in [0.05, 0.1) is 17.7 Å². The number of hydrogen-bond donors (Lipinski definition) is 1. The minimum atomic E-state index is -4.56. The number of methoxy groups -OCH3 is 1. The number of nitrogens with one attached hydrogen (secondary N) is 1. The fraction of sp³-hybridized carbons (Fsp3) is 0.588. The molecule has 134 valence electrons. The molecule has 0 aliphatic carbocycles. The number of rotatable bonds is 6. The zero-order chi connectivity index (χ0) is 17.9. The fourth-order valence-corrected chi connectivity index (χ4v) is 3.50. The Bertz CT molecular complexity index is 590. The average Bonchev–Trinajstić information content (AvgIpc) is 2.54. The van der Waals surface area contributed by atoms with Crippen molar-refractivity contribution < 1.29 is 22.7 Å². The van der Waals surface area contributed by atoms with Crippen LogP contribution in [0.4, 0.5) is 13.2 Å². The van der Waals surface area contributed by atoms with Crippen LogP contribution in [-0.2, 0) is 10.9 Å². The van der Waals surface area contributed by atoms with Crippen LogP contribution in [0.1, 0.15) is 40.7 Å². The molecule has 24 heavy (non-hydrogen) atoms. The number of carbonyl (C=O) groups is 1. The number of halogens is 3. The second-order valence-electron chi connectivity index (χ2n) is 5.90. The van der Waals surface area contributed by atoms with Gasteiger partial charge in [-0.25, -0.2) is 0 Å². The van der Waals surface area contributed by atoms with E-state index in [1.165, 1.54) is 18.1 Å². The van der Waals surface area contributed by atoms with E-state index < -0.39 is 17.6 Å². The van der Waals surface area contributed by atoms with Crippen molar-refractivity contribution in [1.29, 1.82) is 0 Å². The third-order valence-corrected chi connectivity index (χ3v) is 4.52. The van der Waals surface area contributed by atoms with Crippen molar-refractivity contribution >= 4 is 5.91 Å². The molecule has 2 atom stereocenters. The number of carbonyl (C=O) groups excluding carboxylic acids is 1. The Morgan fingerprint density at radius 1 is 1.33 bits per heavy atom. The first-order chi connectivity index (χ1) is 11.4. The lowest BCUT2D eigenvalue weighted by Crippen LogP contribution is -2.51. The third kappa shape index (κ3) is 3.42. The fourth-order valence-electron chi connectivity index (χ4n) is 3.50. The van der Waals surface area contributed by atoms with Gasteiger partial charge in [-0.15, -0.1) is 0 Å². The highest BCUT2D eigenvalue weighted by Crippen LogP contribution is 2.41. The summed E-state index contributed by atoms with van der Waals surface area (Å²) in [4.78, 5) is 14.4. The van der Waals surface area contributed by atoms with Gasteiger partial charge < -0.3 is 15.0 Å². The second-order valence-corrected chi connectivity index (χ2v) is 5.90. The van der Waals surface area contributed by atoms with Crippen molar-refractivity contribution in [2.45, 2.75) is 31.5 Å². The van der Waals surface area contributed by atoms with Crippen LogP contribution in [0.5, 0.6) is 0 Å². The summed E-state index contributed by atoms with van der Waals surface area (Å²) in [6, 6.07) is 3.85. The van der Waals surface area contributed by atoms with E-state index in [2.05, 4.69) is 5.32 Å². The lowest BCUT2D eigenvalue weighted by Gasteiger charge is -2.42. The number of hydrogen-bond acceptors (Lipinski definition) is 3. The SMILES string of the molecule is CCC1C(CNC)c2cccc(C(F)(F)F)c2C(=O)N1CCOC. The molecule has 4 nitrogen and oxygen atoms in total. The molecule has 0 bridgehead atoms. The number of benzene rings is 1. The van der Waals surface area contributed by atoms with Gasteiger partial charge in [0.1, 0.15) is 0 Å². The Morgan fingerprint density at radius 2 is 2.04 bits per heavy atom. The van der Waals surface area contributed by atoms with Crippen LogP contribution in [0.2, 0.25) is 0 Å². The largest absolute Gasteiger partial charge is 0.417 e. The van der Waals surface area contributed by atoms with Crippen LogP contribution >= 0.6 is 0 Å². The Hall–Kier alpha value is -1.60. The Morgan fingerprint density at radius 3 is 2.58 bits per heavy atom. The molecule has 1 aliphatic rings. The van der Waals surface area contributed by atoms with Crippen molar-refractivity contribution in [2.24, 2.45) is 0 Å². The van der Waals surface area contributed by atoms with Gasteiger partial charge in [-0.2, -0.15) is 13.2 Å². The molecule has 0 saturated heterocycles. The van der Waals surface area contributed by atoms with E-state index in [1.807, 2.05) is 6.92 Å². The summed E-state index contributed by atoms with van der Waals surface area (Å²) in [5, 5.41) is 3.04. The van der Waals surface area contributed by atoms with Gasteiger partial charge in [0.15, 0.2) is 0 Å². The molecule has 1 amide bonds. The molecule has 0 fully saturated rings. The highest BCUT2D eigenvalue weighted by atomic mass is 19.4. The maximum Gasteiger partial charge on any atom is 0.417 e. The van der Waals surface area contributed by atoms with Gasteiger partial charge in [-0.3, -0.25) is 4.79 Å². The summed E-state index contributed by atoms with van der Waals surface area (Å²) in [6.45, 7) is 3.01. The third-order valence-electron chi connectivity index (χ3n) is 4.52. The van der Waals surface area contributed by atoms with Gasteiger partial charge in [0.2, 0.25) is 0 Å². The Balaban J connectivity index is 2.60. The van der Waals surface area contributed by atoms with E-state index in [-0.39, 0.29) is 30.7 Å². The van der Waals surface area contributed by atoms with Crippen LogP contribution in [-0.4, -0.2) is 50.7 Å². The predicted molar refractivity (Wildman–Crippen MR) is 85.1 cm³/mol. The smallest absolute Gasteiger partial charge is 0.383 e. The molecule has 0 spiro atoms. The summed E-state index contributed by atoms with van der Waals surface area (Å²) in [7, 11) is 3.27. The van der Waals surface area contributed by atoms with Gasteiger partial charge in [-0.1, -0.05) is 19.1 Å². The molecule has 1 N–H and O–H groups in total. The Kier molecular flexibility index (Phi) is 5.87. The molecule has 2 rings (SSSR count). The van der Waals surface area contributed by atoms with Crippen molar-refractivity contribution in [3.05, 3.63) is 34.9 Å². The summed E-state index contributed by atoms with van der Waals surface area (Å²) in [6.07, 6.45) is -3.89. The highest BCUT2D eigenvalue weighted by Gasteiger charge is 2.44. The van der Waals surface area contributed by atoms with E-state index >= 15 is 0 Å².